The number of hydrogen-bond acceptors (Lipinski definition) is 5. The van der Waals surface area contributed by atoms with Crippen molar-refractivity contribution in [2.75, 3.05) is 5.32 Å². The summed E-state index contributed by atoms with van der Waals surface area (Å²) < 4.78 is 40.7. The molecule has 11 heteroatoms. The maximum absolute atomic E-state index is 12.9. The van der Waals surface area contributed by atoms with Crippen molar-refractivity contribution in [1.29, 1.82) is 0 Å². The first-order valence-electron chi connectivity index (χ1n) is 9.60. The van der Waals surface area contributed by atoms with Crippen molar-refractivity contribution in [3.05, 3.63) is 106 Å². The minimum absolute atomic E-state index is 0.142. The summed E-state index contributed by atoms with van der Waals surface area (Å²) in [5.74, 6) is -1.82. The molecule has 2 N–H and O–H groups in total. The molecule has 3 aromatic carbocycles. The van der Waals surface area contributed by atoms with E-state index in [1.165, 1.54) is 54.6 Å². The highest BCUT2D eigenvalue weighted by molar-refractivity contribution is 6.10. The number of non-ortho nitro benzene ring substituents is 1. The lowest BCUT2D eigenvalue weighted by Gasteiger charge is -2.12. The summed E-state index contributed by atoms with van der Waals surface area (Å²) in [6.45, 7) is 0. The van der Waals surface area contributed by atoms with Gasteiger partial charge in [0.15, 0.2) is 0 Å². The van der Waals surface area contributed by atoms with Gasteiger partial charge in [0.05, 0.1) is 4.92 Å². The number of halogens is 3. The van der Waals surface area contributed by atoms with E-state index in [1.807, 2.05) is 0 Å². The highest BCUT2D eigenvalue weighted by Gasteiger charge is 2.31. The SMILES string of the molecule is O=C(Nc1ccc(OC(F)(F)F)cc1)/C(=C/c1ccc([N+](=O)[O-])cc1)NC(=O)c1ccccc1. The van der Waals surface area contributed by atoms with Crippen LogP contribution < -0.4 is 15.4 Å². The first kappa shape index (κ1) is 24.0. The quantitative estimate of drug-likeness (QED) is 0.289. The Morgan fingerprint density at radius 2 is 1.53 bits per heavy atom. The molecule has 0 heterocycles. The van der Waals surface area contributed by atoms with Crippen LogP contribution in [0.1, 0.15) is 15.9 Å². The third-order valence-corrected chi connectivity index (χ3v) is 4.29. The van der Waals surface area contributed by atoms with Crippen LogP contribution in [0.3, 0.4) is 0 Å². The van der Waals surface area contributed by atoms with E-state index in [0.717, 1.165) is 12.1 Å². The molecule has 0 spiro atoms. The molecule has 0 aliphatic rings. The second-order valence-electron chi connectivity index (χ2n) is 6.75. The summed E-state index contributed by atoms with van der Waals surface area (Å²) in [5, 5.41) is 15.8. The zero-order chi connectivity index (χ0) is 24.7. The molecule has 0 unspecified atom stereocenters. The largest absolute Gasteiger partial charge is 0.573 e. The van der Waals surface area contributed by atoms with Crippen molar-refractivity contribution >= 4 is 29.3 Å². The van der Waals surface area contributed by atoms with Crippen LogP contribution in [0.25, 0.3) is 6.08 Å². The number of nitro groups is 1. The summed E-state index contributed by atoms with van der Waals surface area (Å²) in [7, 11) is 0. The lowest BCUT2D eigenvalue weighted by molar-refractivity contribution is -0.384. The summed E-state index contributed by atoms with van der Waals surface area (Å²) in [6.07, 6.45) is -3.55. The Bertz CT molecular complexity index is 1210. The first-order valence-corrected chi connectivity index (χ1v) is 9.60. The normalized spacial score (nSPS) is 11.4. The van der Waals surface area contributed by atoms with Crippen molar-refractivity contribution in [3.63, 3.8) is 0 Å². The smallest absolute Gasteiger partial charge is 0.406 e. The molecule has 0 aliphatic carbocycles. The van der Waals surface area contributed by atoms with Gasteiger partial charge in [-0.1, -0.05) is 18.2 Å². The molecule has 0 atom stereocenters. The Morgan fingerprint density at radius 3 is 2.09 bits per heavy atom. The number of hydrogen-bond donors (Lipinski definition) is 2. The number of rotatable bonds is 7. The summed E-state index contributed by atoms with van der Waals surface area (Å²) in [4.78, 5) is 35.7. The monoisotopic (exact) mass is 471 g/mol. The lowest BCUT2D eigenvalue weighted by Crippen LogP contribution is -2.30. The molecule has 0 aliphatic heterocycles. The predicted octanol–water partition coefficient (Wildman–Crippen LogP) is 4.90. The van der Waals surface area contributed by atoms with Crippen molar-refractivity contribution in [2.24, 2.45) is 0 Å². The van der Waals surface area contributed by atoms with Gasteiger partial charge < -0.3 is 15.4 Å². The second-order valence-corrected chi connectivity index (χ2v) is 6.75. The number of nitro benzene ring substituents is 1. The van der Waals surface area contributed by atoms with Crippen LogP contribution in [0.15, 0.2) is 84.6 Å². The van der Waals surface area contributed by atoms with Crippen LogP contribution in [0.2, 0.25) is 0 Å². The van der Waals surface area contributed by atoms with E-state index >= 15 is 0 Å². The minimum atomic E-state index is -4.85. The second kappa shape index (κ2) is 10.3. The van der Waals surface area contributed by atoms with Gasteiger partial charge in [-0.05, 0) is 60.2 Å². The molecule has 0 aromatic heterocycles. The zero-order valence-corrected chi connectivity index (χ0v) is 17.2. The van der Waals surface area contributed by atoms with Gasteiger partial charge in [-0.3, -0.25) is 19.7 Å². The summed E-state index contributed by atoms with van der Waals surface area (Å²) in [6, 6.07) is 17.7. The van der Waals surface area contributed by atoms with Crippen LogP contribution in [-0.4, -0.2) is 23.1 Å². The van der Waals surface area contributed by atoms with Crippen LogP contribution in [0, 0.1) is 10.1 Å². The maximum atomic E-state index is 12.9. The number of ether oxygens (including phenoxy) is 1. The van der Waals surface area contributed by atoms with Crippen molar-refractivity contribution in [3.8, 4) is 5.75 Å². The molecule has 0 fully saturated rings. The molecule has 3 aromatic rings. The van der Waals surface area contributed by atoms with Crippen LogP contribution in [-0.2, 0) is 4.79 Å². The predicted molar refractivity (Wildman–Crippen MR) is 117 cm³/mol. The van der Waals surface area contributed by atoms with Gasteiger partial charge in [0.25, 0.3) is 17.5 Å². The molecule has 0 radical (unpaired) electrons. The molecule has 8 nitrogen and oxygen atoms in total. The Kier molecular flexibility index (Phi) is 7.26. The average molecular weight is 471 g/mol. The number of anilines is 1. The van der Waals surface area contributed by atoms with Crippen molar-refractivity contribution in [2.45, 2.75) is 6.36 Å². The summed E-state index contributed by atoms with van der Waals surface area (Å²) >= 11 is 0. The number of nitrogens with one attached hydrogen (secondary N) is 2. The average Bonchev–Trinajstić information content (AvgIpc) is 2.80. The molecule has 34 heavy (non-hydrogen) atoms. The minimum Gasteiger partial charge on any atom is -0.406 e. The van der Waals surface area contributed by atoms with E-state index < -0.39 is 28.8 Å². The van der Waals surface area contributed by atoms with Gasteiger partial charge >= 0.3 is 6.36 Å². The van der Waals surface area contributed by atoms with Gasteiger partial charge in [0.2, 0.25) is 0 Å². The Labute approximate surface area is 190 Å². The van der Waals surface area contributed by atoms with E-state index in [-0.39, 0.29) is 22.6 Å². The number of carbonyl (C=O) groups is 2. The fourth-order valence-electron chi connectivity index (χ4n) is 2.74. The molecule has 0 saturated heterocycles. The third-order valence-electron chi connectivity index (χ3n) is 4.29. The van der Waals surface area contributed by atoms with Crippen molar-refractivity contribution < 1.29 is 32.4 Å². The fraction of sp³-hybridized carbons (Fsp3) is 0.0435. The van der Waals surface area contributed by atoms with Gasteiger partial charge in [0, 0.05) is 23.4 Å². The standard InChI is InChI=1S/C23H16F3N3O5/c24-23(25,26)34-19-12-8-17(9-13-19)27-22(31)20(28-21(30)16-4-2-1-3-5-16)14-15-6-10-18(11-7-15)29(32)33/h1-14H,(H,27,31)(H,28,30)/b20-14-. The van der Waals surface area contributed by atoms with Crippen molar-refractivity contribution in [1.82, 2.24) is 5.32 Å². The number of alkyl halides is 3. The molecule has 174 valence electrons. The zero-order valence-electron chi connectivity index (χ0n) is 17.2. The highest BCUT2D eigenvalue weighted by Crippen LogP contribution is 2.24. The van der Waals surface area contributed by atoms with E-state index in [4.69, 9.17) is 0 Å². The van der Waals surface area contributed by atoms with E-state index in [1.54, 1.807) is 18.2 Å². The van der Waals surface area contributed by atoms with E-state index in [0.29, 0.717) is 5.56 Å². The van der Waals surface area contributed by atoms with Crippen LogP contribution >= 0.6 is 0 Å². The number of nitrogens with zero attached hydrogens (tertiary/aromatic N) is 1. The fourth-order valence-corrected chi connectivity index (χ4v) is 2.74. The number of amides is 2. The topological polar surface area (TPSA) is 111 Å². The molecular formula is C23H16F3N3O5. The first-order chi connectivity index (χ1) is 16.1. The third kappa shape index (κ3) is 6.92. The lowest BCUT2D eigenvalue weighted by atomic mass is 10.1. The van der Waals surface area contributed by atoms with Crippen LogP contribution in [0.5, 0.6) is 5.75 Å². The van der Waals surface area contributed by atoms with Gasteiger partial charge in [0.1, 0.15) is 11.4 Å². The Hall–Kier alpha value is -4.67. The molecule has 2 amide bonds. The van der Waals surface area contributed by atoms with E-state index in [9.17, 15) is 32.9 Å². The molecule has 0 saturated carbocycles. The molecule has 3 rings (SSSR count). The molecule has 0 bridgehead atoms. The Morgan fingerprint density at radius 1 is 0.912 bits per heavy atom. The van der Waals surface area contributed by atoms with Gasteiger partial charge in [-0.25, -0.2) is 0 Å². The van der Waals surface area contributed by atoms with Gasteiger partial charge in [-0.2, -0.15) is 0 Å². The number of benzene rings is 3. The maximum Gasteiger partial charge on any atom is 0.573 e. The summed E-state index contributed by atoms with van der Waals surface area (Å²) in [5.41, 5.74) is 0.454. The van der Waals surface area contributed by atoms with Crippen LogP contribution in [0.4, 0.5) is 24.5 Å². The van der Waals surface area contributed by atoms with E-state index in [2.05, 4.69) is 15.4 Å². The van der Waals surface area contributed by atoms with Gasteiger partial charge in [-0.15, -0.1) is 13.2 Å². The number of carbonyl (C=O) groups excluding carboxylic acids is 2. The Balaban J connectivity index is 1.84. The molecular weight excluding hydrogens is 455 g/mol. The highest BCUT2D eigenvalue weighted by atomic mass is 19.4.